The van der Waals surface area contributed by atoms with Crippen molar-refractivity contribution >= 4 is 44.4 Å². The lowest BCUT2D eigenvalue weighted by Gasteiger charge is -2.05. The zero-order valence-corrected chi connectivity index (χ0v) is 23.9. The van der Waals surface area contributed by atoms with E-state index in [4.69, 9.17) is 0 Å². The van der Waals surface area contributed by atoms with Crippen molar-refractivity contribution in [3.63, 3.8) is 0 Å². The van der Waals surface area contributed by atoms with Gasteiger partial charge in [-0.1, -0.05) is 134 Å². The predicted molar refractivity (Wildman–Crippen MR) is 161 cm³/mol. The second-order valence-electron chi connectivity index (χ2n) is 10.4. The van der Waals surface area contributed by atoms with Crippen LogP contribution in [0.3, 0.4) is 0 Å². The third-order valence-corrected chi connectivity index (χ3v) is 8.15. The molecule has 1 nitrogen and oxygen atoms in total. The van der Waals surface area contributed by atoms with E-state index >= 15 is 0 Å². The molecule has 0 fully saturated rings. The van der Waals surface area contributed by atoms with Gasteiger partial charge in [-0.3, -0.25) is 0 Å². The van der Waals surface area contributed by atoms with E-state index in [1.807, 2.05) is 0 Å². The molecule has 0 radical (unpaired) electrons. The molecular formula is C32H48IN. The van der Waals surface area contributed by atoms with Gasteiger partial charge in [0, 0.05) is 25.4 Å². The molecule has 3 rings (SSSR count). The summed E-state index contributed by atoms with van der Waals surface area (Å²) in [5.74, 6) is 0. The first kappa shape index (κ1) is 27.6. The van der Waals surface area contributed by atoms with Crippen LogP contribution < -0.4 is 0 Å². The quantitative estimate of drug-likeness (QED) is 0.108. The molecule has 0 amide bonds. The SMILES string of the molecule is CCCCCCCCCCCCCCCCCCCCc1cccc2c1[nH]c1ccc(I)cc12. The summed E-state index contributed by atoms with van der Waals surface area (Å²) in [5.41, 5.74) is 4.10. The van der Waals surface area contributed by atoms with E-state index in [1.165, 1.54) is 153 Å². The van der Waals surface area contributed by atoms with Gasteiger partial charge in [-0.25, -0.2) is 0 Å². The largest absolute Gasteiger partial charge is 0.354 e. The zero-order chi connectivity index (χ0) is 23.8. The minimum atomic E-state index is 1.19. The lowest BCUT2D eigenvalue weighted by Crippen LogP contribution is -1.88. The van der Waals surface area contributed by atoms with Crippen LogP contribution in [0.2, 0.25) is 0 Å². The van der Waals surface area contributed by atoms with E-state index in [0.717, 1.165) is 0 Å². The fourth-order valence-corrected chi connectivity index (χ4v) is 5.87. The van der Waals surface area contributed by atoms with Crippen molar-refractivity contribution in [2.45, 2.75) is 129 Å². The fraction of sp³-hybridized carbons (Fsp3) is 0.625. The van der Waals surface area contributed by atoms with Crippen LogP contribution in [0.15, 0.2) is 36.4 Å². The highest BCUT2D eigenvalue weighted by Crippen LogP contribution is 2.29. The highest BCUT2D eigenvalue weighted by molar-refractivity contribution is 14.1. The van der Waals surface area contributed by atoms with Crippen LogP contribution >= 0.6 is 22.6 Å². The second-order valence-corrected chi connectivity index (χ2v) is 11.7. The Balaban J connectivity index is 1.17. The standard InChI is InChI=1S/C32H48IN/c1-2-3-4-5-6-7-8-9-10-11-12-13-14-15-16-17-18-19-21-27-22-20-23-29-30-26-28(33)24-25-31(30)34-32(27)29/h20,22-26,34H,2-19,21H2,1H3. The number of nitrogens with one attached hydrogen (secondary N) is 1. The average Bonchev–Trinajstić information content (AvgIpc) is 3.22. The van der Waals surface area contributed by atoms with Crippen molar-refractivity contribution in [3.05, 3.63) is 45.5 Å². The molecule has 2 heteroatoms. The minimum Gasteiger partial charge on any atom is -0.354 e. The van der Waals surface area contributed by atoms with Gasteiger partial charge in [0.25, 0.3) is 0 Å². The van der Waals surface area contributed by atoms with Gasteiger partial charge in [0.2, 0.25) is 0 Å². The van der Waals surface area contributed by atoms with E-state index in [0.29, 0.717) is 0 Å². The molecule has 0 unspecified atom stereocenters. The number of unbranched alkanes of at least 4 members (excludes halogenated alkanes) is 17. The maximum absolute atomic E-state index is 3.68. The number of benzene rings is 2. The Hall–Kier alpha value is -1.03. The Morgan fingerprint density at radius 2 is 1.12 bits per heavy atom. The number of rotatable bonds is 19. The molecule has 0 aliphatic carbocycles. The van der Waals surface area contributed by atoms with Crippen molar-refractivity contribution in [1.82, 2.24) is 4.98 Å². The molecule has 0 bridgehead atoms. The summed E-state index contributed by atoms with van der Waals surface area (Å²) in [6, 6.07) is 13.5. The van der Waals surface area contributed by atoms with Crippen molar-refractivity contribution in [2.75, 3.05) is 0 Å². The Labute approximate surface area is 223 Å². The van der Waals surface area contributed by atoms with Crippen molar-refractivity contribution in [1.29, 1.82) is 0 Å². The first-order valence-corrected chi connectivity index (χ1v) is 15.6. The van der Waals surface area contributed by atoms with Crippen LogP contribution in [0.5, 0.6) is 0 Å². The molecule has 0 saturated heterocycles. The maximum Gasteiger partial charge on any atom is 0.0497 e. The molecule has 1 N–H and O–H groups in total. The summed E-state index contributed by atoms with van der Waals surface area (Å²) in [6.07, 6.45) is 27.0. The molecule has 0 saturated carbocycles. The first-order valence-electron chi connectivity index (χ1n) is 14.5. The average molecular weight is 574 g/mol. The summed E-state index contributed by atoms with van der Waals surface area (Å²) >= 11 is 2.41. The van der Waals surface area contributed by atoms with Crippen LogP contribution in [0.25, 0.3) is 21.8 Å². The summed E-state index contributed by atoms with van der Waals surface area (Å²) in [5, 5.41) is 2.75. The molecule has 2 aromatic carbocycles. The predicted octanol–water partition coefficient (Wildman–Crippen LogP) is 11.5. The Bertz CT molecular complexity index is 941. The Morgan fingerprint density at radius 3 is 1.68 bits per heavy atom. The molecule has 0 aliphatic heterocycles. The lowest BCUT2D eigenvalue weighted by molar-refractivity contribution is 0.525. The second kappa shape index (κ2) is 16.6. The van der Waals surface area contributed by atoms with Gasteiger partial charge in [-0.15, -0.1) is 0 Å². The number of fused-ring (bicyclic) bond motifs is 3. The van der Waals surface area contributed by atoms with E-state index in [1.54, 1.807) is 0 Å². The Morgan fingerprint density at radius 1 is 0.588 bits per heavy atom. The minimum absolute atomic E-state index is 1.19. The third-order valence-electron chi connectivity index (χ3n) is 7.48. The van der Waals surface area contributed by atoms with E-state index in [2.05, 4.69) is 70.9 Å². The highest BCUT2D eigenvalue weighted by atomic mass is 127. The van der Waals surface area contributed by atoms with E-state index in [-0.39, 0.29) is 0 Å². The molecule has 0 atom stereocenters. The lowest BCUT2D eigenvalue weighted by atomic mass is 10.0. The van der Waals surface area contributed by atoms with Gasteiger partial charge in [-0.2, -0.15) is 0 Å². The number of para-hydroxylation sites is 1. The molecule has 1 aromatic heterocycles. The van der Waals surface area contributed by atoms with Crippen LogP contribution in [-0.2, 0) is 6.42 Å². The molecular weight excluding hydrogens is 525 g/mol. The van der Waals surface area contributed by atoms with Gasteiger partial charge in [0.15, 0.2) is 0 Å². The number of aromatic nitrogens is 1. The third kappa shape index (κ3) is 9.55. The van der Waals surface area contributed by atoms with Crippen molar-refractivity contribution < 1.29 is 0 Å². The normalized spacial score (nSPS) is 11.7. The fourth-order valence-electron chi connectivity index (χ4n) is 5.38. The molecule has 3 aromatic rings. The van der Waals surface area contributed by atoms with Gasteiger partial charge >= 0.3 is 0 Å². The smallest absolute Gasteiger partial charge is 0.0497 e. The van der Waals surface area contributed by atoms with Crippen molar-refractivity contribution in [2.24, 2.45) is 0 Å². The highest BCUT2D eigenvalue weighted by Gasteiger charge is 2.08. The van der Waals surface area contributed by atoms with Crippen LogP contribution in [-0.4, -0.2) is 4.98 Å². The zero-order valence-electron chi connectivity index (χ0n) is 21.8. The van der Waals surface area contributed by atoms with Gasteiger partial charge < -0.3 is 4.98 Å². The molecule has 188 valence electrons. The maximum atomic E-state index is 3.68. The summed E-state index contributed by atoms with van der Waals surface area (Å²) < 4.78 is 1.31. The number of aromatic amines is 1. The molecule has 34 heavy (non-hydrogen) atoms. The Kier molecular flexibility index (Phi) is 13.5. The van der Waals surface area contributed by atoms with Crippen LogP contribution in [0.4, 0.5) is 0 Å². The number of H-pyrrole nitrogens is 1. The summed E-state index contributed by atoms with van der Waals surface area (Å²) in [4.78, 5) is 3.68. The molecule has 0 aliphatic rings. The van der Waals surface area contributed by atoms with E-state index in [9.17, 15) is 0 Å². The number of aryl methyl sites for hydroxylation is 1. The van der Waals surface area contributed by atoms with Gasteiger partial charge in [0.1, 0.15) is 0 Å². The molecule has 1 heterocycles. The van der Waals surface area contributed by atoms with Gasteiger partial charge in [0.05, 0.1) is 0 Å². The monoisotopic (exact) mass is 573 g/mol. The van der Waals surface area contributed by atoms with Crippen molar-refractivity contribution in [3.8, 4) is 0 Å². The van der Waals surface area contributed by atoms with E-state index < -0.39 is 0 Å². The first-order chi connectivity index (χ1) is 16.8. The number of halogens is 1. The van der Waals surface area contributed by atoms with Gasteiger partial charge in [-0.05, 0) is 59.2 Å². The topological polar surface area (TPSA) is 15.8 Å². The number of hydrogen-bond acceptors (Lipinski definition) is 0. The summed E-state index contributed by atoms with van der Waals surface area (Å²) in [7, 11) is 0. The molecule has 0 spiro atoms. The summed E-state index contributed by atoms with van der Waals surface area (Å²) in [6.45, 7) is 2.30. The number of hydrogen-bond donors (Lipinski definition) is 1. The van der Waals surface area contributed by atoms with Crippen LogP contribution in [0, 0.1) is 3.57 Å². The van der Waals surface area contributed by atoms with Crippen LogP contribution in [0.1, 0.15) is 128 Å².